The van der Waals surface area contributed by atoms with Gasteiger partial charge in [-0.2, -0.15) is 0 Å². The quantitative estimate of drug-likeness (QED) is 0.0808. The van der Waals surface area contributed by atoms with Crippen molar-refractivity contribution >= 4 is 176 Å². The van der Waals surface area contributed by atoms with Gasteiger partial charge in [-0.3, -0.25) is 19.2 Å². The van der Waals surface area contributed by atoms with Crippen molar-refractivity contribution < 1.29 is 62.0 Å². The lowest BCUT2D eigenvalue weighted by Crippen LogP contribution is -2.65. The summed E-state index contributed by atoms with van der Waals surface area (Å²) in [5.41, 5.74) is 11.6. The van der Waals surface area contributed by atoms with Crippen molar-refractivity contribution in [3.8, 4) is 17.2 Å². The maximum absolute atomic E-state index is 13.5. The van der Waals surface area contributed by atoms with Gasteiger partial charge in [-0.15, -0.1) is 0 Å². The number of ether oxygens (including phenoxy) is 6. The Morgan fingerprint density at radius 1 is 0.470 bits per heavy atom. The predicted molar refractivity (Wildman–Crippen MR) is 464 cm³/mol. The molecular weight excluding hydrogens is 1770 g/mol. The molecule has 4 fully saturated rings. The van der Waals surface area contributed by atoms with E-state index in [1.165, 1.54) is 4.90 Å². The Labute approximate surface area is 721 Å². The second kappa shape index (κ2) is 37.4. The topological polar surface area (TPSA) is 232 Å². The molecule has 29 heteroatoms. The molecule has 0 unspecified atom stereocenters. The Balaban J connectivity index is 0.000000157. The van der Waals surface area contributed by atoms with Crippen molar-refractivity contribution in [3.05, 3.63) is 230 Å². The standard InChI is InChI=1S/C23H26BrClN2O4.C23H25ClN2O4.C19H18ClNO2.C15H18BrClN2O3.C6H5BrClN/c1-23(2,3)31-22(29)26-13-16(14-26)21(28)27(20-11-17(25)7-10-19(20)24)12-15-5-8-18(30-4)9-6-15;1-22(2,3)30-21(28)25-13-23(14-25)18-10-7-16(24)11-19(18)26(20(23)27)12-15-5-8-17(29-4)9-6-15;1-23-15-6-3-13(4-7-15)12-21-17-11-14(20)5-8-16(17)19(18(21)22)9-2-10-19;1-15(2,3)22-14(21)19-7-9(8-19)13(20)18-12-6-10(17)4-5-11(12)16;7-5-2-1-4(8)3-6(5)9/h5-11,16H,12-14H2,1-4H3;5-11H,12-14H2,1-4H3;3-8,11H,2,9-10,12H2,1H3;4-6,9H,7-8H2,1-3H3,(H,18,20);1-3H,9H2. The van der Waals surface area contributed by atoms with Gasteiger partial charge in [0.1, 0.15) is 39.5 Å². The van der Waals surface area contributed by atoms with Crippen LogP contribution in [0.15, 0.2) is 177 Å². The van der Waals surface area contributed by atoms with Crippen LogP contribution in [0.25, 0.3) is 0 Å². The molecule has 115 heavy (non-hydrogen) atoms. The number of nitrogen functional groups attached to an aromatic ring is 1. The summed E-state index contributed by atoms with van der Waals surface area (Å²) in [5.74, 6) is 1.78. The molecule has 610 valence electrons. The van der Waals surface area contributed by atoms with Crippen molar-refractivity contribution in [1.29, 1.82) is 0 Å². The van der Waals surface area contributed by atoms with Crippen LogP contribution in [0.5, 0.6) is 17.2 Å². The number of anilines is 5. The molecule has 0 aromatic heterocycles. The number of carbonyl (C=O) groups excluding carboxylic acids is 7. The lowest BCUT2D eigenvalue weighted by atomic mass is 9.65. The third kappa shape index (κ3) is 22.2. The molecule has 5 aliphatic heterocycles. The molecule has 0 radical (unpaired) electrons. The third-order valence-electron chi connectivity index (χ3n) is 19.5. The van der Waals surface area contributed by atoms with E-state index in [2.05, 4.69) is 53.1 Å². The zero-order valence-electron chi connectivity index (χ0n) is 65.8. The van der Waals surface area contributed by atoms with Gasteiger partial charge >= 0.3 is 18.3 Å². The van der Waals surface area contributed by atoms with Gasteiger partial charge in [-0.25, -0.2) is 14.4 Å². The Kier molecular flexibility index (Phi) is 28.9. The zero-order valence-corrected chi connectivity index (χ0v) is 74.4. The number of nitrogens with zero attached hydrogens (tertiary/aromatic N) is 6. The van der Waals surface area contributed by atoms with Gasteiger partial charge in [0.25, 0.3) is 0 Å². The third-order valence-corrected chi connectivity index (χ3v) is 22.8. The van der Waals surface area contributed by atoms with Crippen LogP contribution in [-0.2, 0) is 63.9 Å². The molecule has 1 aliphatic carbocycles. The van der Waals surface area contributed by atoms with E-state index in [0.717, 1.165) is 89.1 Å². The first-order valence-electron chi connectivity index (χ1n) is 37.0. The van der Waals surface area contributed by atoms with E-state index in [1.54, 1.807) is 89.5 Å². The van der Waals surface area contributed by atoms with Gasteiger partial charge in [-0.05, 0) is 266 Å². The molecular formula is C86H92Br3Cl5N8O13. The molecule has 6 aliphatic rings. The summed E-state index contributed by atoms with van der Waals surface area (Å²) in [5, 5.41) is 5.80. The average molecular weight is 1860 g/mol. The molecule has 21 nitrogen and oxygen atoms in total. The maximum Gasteiger partial charge on any atom is 0.410 e. The van der Waals surface area contributed by atoms with E-state index in [9.17, 15) is 33.6 Å². The monoisotopic (exact) mass is 1860 g/mol. The summed E-state index contributed by atoms with van der Waals surface area (Å²) < 4.78 is 34.1. The van der Waals surface area contributed by atoms with Crippen molar-refractivity contribution in [3.63, 3.8) is 0 Å². The maximum atomic E-state index is 13.5. The molecule has 0 atom stereocenters. The second-order valence-electron chi connectivity index (χ2n) is 31.5. The van der Waals surface area contributed by atoms with Crippen molar-refractivity contribution in [1.82, 2.24) is 14.7 Å². The van der Waals surface area contributed by atoms with E-state index < -0.39 is 34.4 Å². The van der Waals surface area contributed by atoms with Gasteiger partial charge < -0.3 is 68.9 Å². The van der Waals surface area contributed by atoms with Crippen LogP contribution < -0.4 is 40.0 Å². The molecule has 14 rings (SSSR count). The molecule has 7 amide bonds. The molecule has 5 heterocycles. The van der Waals surface area contributed by atoms with Gasteiger partial charge in [0.2, 0.25) is 23.6 Å². The minimum Gasteiger partial charge on any atom is -0.497 e. The lowest BCUT2D eigenvalue weighted by Gasteiger charge is -2.46. The number of hydrogen-bond acceptors (Lipinski definition) is 14. The number of likely N-dealkylation sites (tertiary alicyclic amines) is 3. The van der Waals surface area contributed by atoms with E-state index in [4.69, 9.17) is 92.2 Å². The van der Waals surface area contributed by atoms with Crippen LogP contribution in [-0.4, -0.2) is 134 Å². The van der Waals surface area contributed by atoms with Gasteiger partial charge in [0, 0.05) is 94.9 Å². The highest BCUT2D eigenvalue weighted by Gasteiger charge is 2.60. The number of halogens is 8. The highest BCUT2D eigenvalue weighted by molar-refractivity contribution is 9.11. The van der Waals surface area contributed by atoms with Crippen LogP contribution in [0, 0.1) is 11.8 Å². The normalized spacial score (nSPS) is 15.5. The number of nitrogens with one attached hydrogen (secondary N) is 1. The number of methoxy groups -OCH3 is 3. The summed E-state index contributed by atoms with van der Waals surface area (Å²) >= 11 is 40.3. The first kappa shape index (κ1) is 88.9. The minimum absolute atomic E-state index is 0.0182. The highest BCUT2D eigenvalue weighted by Crippen LogP contribution is 2.55. The Bertz CT molecular complexity index is 4890. The minimum atomic E-state index is -0.747. The van der Waals surface area contributed by atoms with Gasteiger partial charge in [0.05, 0.1) is 69.6 Å². The molecule has 3 N–H and O–H groups in total. The fourth-order valence-electron chi connectivity index (χ4n) is 13.4. The predicted octanol–water partition coefficient (Wildman–Crippen LogP) is 20.8. The Hall–Kier alpha value is -8.46. The lowest BCUT2D eigenvalue weighted by molar-refractivity contribution is -0.129. The van der Waals surface area contributed by atoms with Crippen molar-refractivity contribution in [2.24, 2.45) is 11.8 Å². The smallest absolute Gasteiger partial charge is 0.410 e. The number of nitrogens with two attached hydrogens (primary N) is 1. The van der Waals surface area contributed by atoms with Crippen LogP contribution >= 0.6 is 106 Å². The summed E-state index contributed by atoms with van der Waals surface area (Å²) in [4.78, 5) is 98.7. The van der Waals surface area contributed by atoms with E-state index in [-0.39, 0.29) is 47.0 Å². The molecule has 8 aromatic carbocycles. The van der Waals surface area contributed by atoms with Crippen LogP contribution in [0.3, 0.4) is 0 Å². The molecule has 0 bridgehead atoms. The fraction of sp³-hybridized carbons (Fsp3) is 0.360. The zero-order chi connectivity index (χ0) is 83.8. The fourth-order valence-corrected chi connectivity index (χ4v) is 15.3. The summed E-state index contributed by atoms with van der Waals surface area (Å²) in [7, 11) is 4.88. The molecule has 1 saturated carbocycles. The van der Waals surface area contributed by atoms with Gasteiger partial charge in [-0.1, -0.05) is 113 Å². The number of rotatable bonds is 13. The molecule has 3 saturated heterocycles. The van der Waals surface area contributed by atoms with Crippen LogP contribution in [0.4, 0.5) is 42.8 Å². The van der Waals surface area contributed by atoms with E-state index >= 15 is 0 Å². The van der Waals surface area contributed by atoms with Gasteiger partial charge in [0.15, 0.2) is 0 Å². The SMILES string of the molecule is CC(C)(C)OC(=O)N1CC(C(=O)Nc2cc(Cl)ccc2Br)C1.COc1ccc(CN(C(=O)C2CN(C(=O)OC(C)(C)C)C2)c2cc(Cl)ccc2Br)cc1.COc1ccc(CN2C(=O)C3(CCC3)c3ccc(Cl)cc32)cc1.COc1ccc(CN2C(=O)C3(CN(C(=O)OC(C)(C)C)C3)c3ccc(Cl)cc32)cc1.Nc1cc(Cl)ccc1Br. The number of carbonyl (C=O) groups is 7. The number of hydrogen-bond donors (Lipinski definition) is 2. The summed E-state index contributed by atoms with van der Waals surface area (Å²) in [6.45, 7) is 19.7. The molecule has 8 aromatic rings. The second-order valence-corrected chi connectivity index (χ2v) is 36.2. The molecule has 2 spiro atoms. The summed E-state index contributed by atoms with van der Waals surface area (Å²) in [6.07, 6.45) is 1.82. The largest absolute Gasteiger partial charge is 0.497 e. The van der Waals surface area contributed by atoms with Crippen LogP contribution in [0.2, 0.25) is 25.1 Å². The number of fused-ring (bicyclic) bond motifs is 4. The van der Waals surface area contributed by atoms with Crippen molar-refractivity contribution in [2.45, 2.75) is 129 Å². The highest BCUT2D eigenvalue weighted by atomic mass is 79.9. The first-order chi connectivity index (χ1) is 54.2. The van der Waals surface area contributed by atoms with E-state index in [1.807, 2.05) is 182 Å². The Morgan fingerprint density at radius 2 is 0.843 bits per heavy atom. The number of benzene rings is 8. The average Bonchev–Trinajstić information content (AvgIpc) is 1.56. The van der Waals surface area contributed by atoms with Crippen LogP contribution in [0.1, 0.15) is 109 Å². The first-order valence-corrected chi connectivity index (χ1v) is 41.3. The Morgan fingerprint density at radius 3 is 1.26 bits per heavy atom. The van der Waals surface area contributed by atoms with Crippen molar-refractivity contribution in [2.75, 3.05) is 86.3 Å². The summed E-state index contributed by atoms with van der Waals surface area (Å²) in [6, 6.07) is 50.2. The van der Waals surface area contributed by atoms with E-state index in [0.29, 0.717) is 101 Å². The number of amides is 7.